The maximum absolute atomic E-state index is 11.4. The second kappa shape index (κ2) is 5.82. The molecule has 2 heterocycles. The number of benzene rings is 1. The van der Waals surface area contributed by atoms with Gasteiger partial charge in [-0.05, 0) is 43.9 Å². The number of nitrogens with zero attached hydrogens (tertiary/aromatic N) is 2. The van der Waals surface area contributed by atoms with Crippen molar-refractivity contribution in [1.29, 1.82) is 0 Å². The number of ketones is 1. The first-order valence-electron chi connectivity index (χ1n) is 7.39. The first-order valence-corrected chi connectivity index (χ1v) is 7.39. The summed E-state index contributed by atoms with van der Waals surface area (Å²) in [5.41, 5.74) is 4.11. The Morgan fingerprint density at radius 2 is 2.10 bits per heavy atom. The van der Waals surface area contributed by atoms with Crippen LogP contribution < -0.4 is 0 Å². The van der Waals surface area contributed by atoms with Crippen molar-refractivity contribution in [2.24, 2.45) is 0 Å². The van der Waals surface area contributed by atoms with E-state index in [2.05, 4.69) is 16.0 Å². The van der Waals surface area contributed by atoms with Crippen LogP contribution >= 0.6 is 0 Å². The highest BCUT2D eigenvalue weighted by Gasteiger charge is 2.17. The van der Waals surface area contributed by atoms with E-state index in [-0.39, 0.29) is 5.78 Å². The van der Waals surface area contributed by atoms with Crippen LogP contribution in [0.3, 0.4) is 0 Å². The fourth-order valence-corrected chi connectivity index (χ4v) is 2.83. The Labute approximate surface area is 124 Å². The molecule has 0 spiro atoms. The van der Waals surface area contributed by atoms with E-state index in [0.717, 1.165) is 48.3 Å². The van der Waals surface area contributed by atoms with Crippen molar-refractivity contribution in [2.45, 2.75) is 32.7 Å². The number of rotatable bonds is 3. The average molecular weight is 284 g/mol. The van der Waals surface area contributed by atoms with Gasteiger partial charge in [-0.3, -0.25) is 9.48 Å². The fourth-order valence-electron chi connectivity index (χ4n) is 2.83. The first-order chi connectivity index (χ1) is 10.1. The number of carbonyl (C=O) groups excluding carboxylic acids is 1. The molecule has 0 amide bonds. The summed E-state index contributed by atoms with van der Waals surface area (Å²) in [5.74, 6) is 0.0996. The molecule has 4 nitrogen and oxygen atoms in total. The van der Waals surface area contributed by atoms with Crippen molar-refractivity contribution in [3.05, 3.63) is 41.7 Å². The van der Waals surface area contributed by atoms with Crippen LogP contribution in [-0.4, -0.2) is 28.8 Å². The Bertz CT molecular complexity index is 655. The van der Waals surface area contributed by atoms with Gasteiger partial charge >= 0.3 is 0 Å². The molecule has 0 bridgehead atoms. The van der Waals surface area contributed by atoms with Crippen molar-refractivity contribution in [3.63, 3.8) is 0 Å². The standard InChI is InChI=1S/C17H20N2O2/c1-12-9-14(13(2)20)3-4-17(12)15-10-18-19(11-15)16-5-7-21-8-6-16/h3-4,9-11,16H,5-8H2,1-2H3. The molecule has 4 heteroatoms. The lowest BCUT2D eigenvalue weighted by atomic mass is 9.99. The summed E-state index contributed by atoms with van der Waals surface area (Å²) in [6.07, 6.45) is 6.05. The number of aromatic nitrogens is 2. The zero-order chi connectivity index (χ0) is 14.8. The molecule has 1 saturated heterocycles. The van der Waals surface area contributed by atoms with Crippen LogP contribution in [0, 0.1) is 6.92 Å². The molecule has 0 radical (unpaired) electrons. The van der Waals surface area contributed by atoms with E-state index in [4.69, 9.17) is 4.74 Å². The predicted octanol–water partition coefficient (Wildman–Crippen LogP) is 3.41. The summed E-state index contributed by atoms with van der Waals surface area (Å²) < 4.78 is 7.45. The molecule has 0 saturated carbocycles. The summed E-state index contributed by atoms with van der Waals surface area (Å²) in [6, 6.07) is 6.28. The van der Waals surface area contributed by atoms with Crippen LogP contribution in [0.15, 0.2) is 30.6 Å². The Balaban J connectivity index is 1.87. The lowest BCUT2D eigenvalue weighted by molar-refractivity contribution is 0.0662. The predicted molar refractivity (Wildman–Crippen MR) is 81.5 cm³/mol. The average Bonchev–Trinajstić information content (AvgIpc) is 2.97. The molecule has 21 heavy (non-hydrogen) atoms. The summed E-state index contributed by atoms with van der Waals surface area (Å²) in [4.78, 5) is 11.4. The van der Waals surface area contributed by atoms with E-state index in [0.29, 0.717) is 6.04 Å². The van der Waals surface area contributed by atoms with Gasteiger partial charge in [0, 0.05) is 30.5 Å². The highest BCUT2D eigenvalue weighted by molar-refractivity contribution is 5.94. The van der Waals surface area contributed by atoms with Gasteiger partial charge in [0.2, 0.25) is 0 Å². The van der Waals surface area contributed by atoms with Crippen LogP contribution in [0.5, 0.6) is 0 Å². The Morgan fingerprint density at radius 1 is 1.33 bits per heavy atom. The van der Waals surface area contributed by atoms with Crippen LogP contribution in [0.1, 0.15) is 41.7 Å². The van der Waals surface area contributed by atoms with Gasteiger partial charge in [-0.25, -0.2) is 0 Å². The lowest BCUT2D eigenvalue weighted by Crippen LogP contribution is -2.19. The third kappa shape index (κ3) is 2.90. The van der Waals surface area contributed by atoms with E-state index in [1.165, 1.54) is 0 Å². The van der Waals surface area contributed by atoms with Gasteiger partial charge in [-0.1, -0.05) is 12.1 Å². The highest BCUT2D eigenvalue weighted by Crippen LogP contribution is 2.27. The quantitative estimate of drug-likeness (QED) is 0.811. The second-order valence-electron chi connectivity index (χ2n) is 5.64. The number of Topliss-reactive ketones (excluding diaryl/α,β-unsaturated/α-hetero) is 1. The third-order valence-electron chi connectivity index (χ3n) is 4.11. The largest absolute Gasteiger partial charge is 0.381 e. The van der Waals surface area contributed by atoms with Gasteiger partial charge in [0.05, 0.1) is 12.2 Å². The summed E-state index contributed by atoms with van der Waals surface area (Å²) in [6.45, 7) is 5.25. The van der Waals surface area contributed by atoms with Gasteiger partial charge in [0.25, 0.3) is 0 Å². The molecule has 1 fully saturated rings. The number of ether oxygens (including phenoxy) is 1. The first kappa shape index (κ1) is 14.0. The minimum Gasteiger partial charge on any atom is -0.381 e. The second-order valence-corrected chi connectivity index (χ2v) is 5.64. The van der Waals surface area contributed by atoms with Crippen molar-refractivity contribution in [3.8, 4) is 11.1 Å². The summed E-state index contributed by atoms with van der Waals surface area (Å²) in [7, 11) is 0. The topological polar surface area (TPSA) is 44.1 Å². The van der Waals surface area contributed by atoms with Crippen molar-refractivity contribution in [2.75, 3.05) is 13.2 Å². The minimum atomic E-state index is 0.0996. The van der Waals surface area contributed by atoms with Crippen LogP contribution in [-0.2, 0) is 4.74 Å². The lowest BCUT2D eigenvalue weighted by Gasteiger charge is -2.22. The van der Waals surface area contributed by atoms with Crippen LogP contribution in [0.4, 0.5) is 0 Å². The molecular formula is C17H20N2O2. The van der Waals surface area contributed by atoms with Crippen molar-refractivity contribution >= 4 is 5.78 Å². The number of hydrogen-bond acceptors (Lipinski definition) is 3. The Kier molecular flexibility index (Phi) is 3.88. The van der Waals surface area contributed by atoms with Gasteiger partial charge in [-0.2, -0.15) is 5.10 Å². The monoisotopic (exact) mass is 284 g/mol. The zero-order valence-electron chi connectivity index (χ0n) is 12.5. The third-order valence-corrected chi connectivity index (χ3v) is 4.11. The number of hydrogen-bond donors (Lipinski definition) is 0. The van der Waals surface area contributed by atoms with Gasteiger partial charge in [0.1, 0.15) is 0 Å². The highest BCUT2D eigenvalue weighted by atomic mass is 16.5. The van der Waals surface area contributed by atoms with E-state index in [9.17, 15) is 4.79 Å². The summed E-state index contributed by atoms with van der Waals surface area (Å²) in [5, 5.41) is 4.51. The molecule has 0 aliphatic carbocycles. The molecule has 1 aromatic carbocycles. The molecule has 1 aliphatic heterocycles. The summed E-state index contributed by atoms with van der Waals surface area (Å²) >= 11 is 0. The smallest absolute Gasteiger partial charge is 0.159 e. The molecule has 0 unspecified atom stereocenters. The van der Waals surface area contributed by atoms with E-state index in [1.54, 1.807) is 6.92 Å². The van der Waals surface area contributed by atoms with Crippen LogP contribution in [0.25, 0.3) is 11.1 Å². The maximum Gasteiger partial charge on any atom is 0.159 e. The van der Waals surface area contributed by atoms with Gasteiger partial charge in [-0.15, -0.1) is 0 Å². The van der Waals surface area contributed by atoms with Gasteiger partial charge < -0.3 is 4.74 Å². The van der Waals surface area contributed by atoms with Crippen molar-refractivity contribution in [1.82, 2.24) is 9.78 Å². The van der Waals surface area contributed by atoms with E-state index < -0.39 is 0 Å². The molecular weight excluding hydrogens is 264 g/mol. The minimum absolute atomic E-state index is 0.0996. The molecule has 0 N–H and O–H groups in total. The Morgan fingerprint density at radius 3 is 2.76 bits per heavy atom. The number of aryl methyl sites for hydroxylation is 1. The van der Waals surface area contributed by atoms with E-state index in [1.807, 2.05) is 31.3 Å². The molecule has 2 aromatic rings. The maximum atomic E-state index is 11.4. The normalized spacial score (nSPS) is 16.1. The van der Waals surface area contributed by atoms with Crippen molar-refractivity contribution < 1.29 is 9.53 Å². The molecule has 0 atom stereocenters. The molecule has 1 aliphatic rings. The van der Waals surface area contributed by atoms with E-state index >= 15 is 0 Å². The number of carbonyl (C=O) groups is 1. The Hall–Kier alpha value is -1.94. The van der Waals surface area contributed by atoms with Crippen LogP contribution in [0.2, 0.25) is 0 Å². The van der Waals surface area contributed by atoms with Gasteiger partial charge in [0.15, 0.2) is 5.78 Å². The SMILES string of the molecule is CC(=O)c1ccc(-c2cnn(C3CCOCC3)c2)c(C)c1. The fraction of sp³-hybridized carbons (Fsp3) is 0.412. The zero-order valence-corrected chi connectivity index (χ0v) is 12.5. The molecule has 110 valence electrons. The molecule has 3 rings (SSSR count). The molecule has 1 aromatic heterocycles.